The second-order valence-corrected chi connectivity index (χ2v) is 3.99. The maximum Gasteiger partial charge on any atom is 0.127 e. The first-order valence-electron chi connectivity index (χ1n) is 5.49. The van der Waals surface area contributed by atoms with E-state index in [0.29, 0.717) is 23.2 Å². The number of nitrogens with one attached hydrogen (secondary N) is 1. The van der Waals surface area contributed by atoms with Gasteiger partial charge in [-0.25, -0.2) is 13.2 Å². The van der Waals surface area contributed by atoms with E-state index in [1.54, 1.807) is 13.1 Å². The van der Waals surface area contributed by atoms with Gasteiger partial charge in [-0.2, -0.15) is 0 Å². The van der Waals surface area contributed by atoms with Gasteiger partial charge in [0.05, 0.1) is 0 Å². The highest BCUT2D eigenvalue weighted by Crippen LogP contribution is 2.24. The van der Waals surface area contributed by atoms with Gasteiger partial charge in [-0.3, -0.25) is 0 Å². The van der Waals surface area contributed by atoms with Crippen molar-refractivity contribution in [3.05, 3.63) is 59.4 Å². The van der Waals surface area contributed by atoms with Crippen molar-refractivity contribution in [2.75, 3.05) is 7.05 Å². The maximum absolute atomic E-state index is 13.4. The van der Waals surface area contributed by atoms with Crippen LogP contribution in [0.4, 0.5) is 13.2 Å². The standard InChI is InChI=1S/C14H12F3N/c1-18-8-11-4-9(2-3-14(11)17)10-5-12(15)7-13(16)6-10/h2-7,18H,8H2,1H3. The van der Waals surface area contributed by atoms with E-state index >= 15 is 0 Å². The van der Waals surface area contributed by atoms with Gasteiger partial charge in [0, 0.05) is 18.2 Å². The van der Waals surface area contributed by atoms with Crippen LogP contribution in [0, 0.1) is 17.5 Å². The fourth-order valence-electron chi connectivity index (χ4n) is 1.80. The van der Waals surface area contributed by atoms with Gasteiger partial charge < -0.3 is 5.32 Å². The fourth-order valence-corrected chi connectivity index (χ4v) is 1.80. The fraction of sp³-hybridized carbons (Fsp3) is 0.143. The van der Waals surface area contributed by atoms with Crippen LogP contribution in [0.1, 0.15) is 5.56 Å². The number of hydrogen-bond acceptors (Lipinski definition) is 1. The Labute approximate surface area is 103 Å². The zero-order valence-corrected chi connectivity index (χ0v) is 9.81. The van der Waals surface area contributed by atoms with Crippen molar-refractivity contribution in [3.63, 3.8) is 0 Å². The molecule has 0 atom stereocenters. The zero-order chi connectivity index (χ0) is 13.1. The van der Waals surface area contributed by atoms with Crippen molar-refractivity contribution in [3.8, 4) is 11.1 Å². The van der Waals surface area contributed by atoms with Crippen molar-refractivity contribution >= 4 is 0 Å². The molecule has 0 aliphatic heterocycles. The Morgan fingerprint density at radius 1 is 0.889 bits per heavy atom. The van der Waals surface area contributed by atoms with Crippen molar-refractivity contribution in [2.24, 2.45) is 0 Å². The van der Waals surface area contributed by atoms with E-state index < -0.39 is 11.6 Å². The van der Waals surface area contributed by atoms with Crippen LogP contribution in [0.15, 0.2) is 36.4 Å². The first-order chi connectivity index (χ1) is 8.60. The van der Waals surface area contributed by atoms with Gasteiger partial charge in [0.1, 0.15) is 17.5 Å². The van der Waals surface area contributed by atoms with Crippen LogP contribution in [0.3, 0.4) is 0 Å². The Morgan fingerprint density at radius 3 is 2.17 bits per heavy atom. The molecule has 0 saturated carbocycles. The summed E-state index contributed by atoms with van der Waals surface area (Å²) in [5.74, 6) is -1.64. The highest BCUT2D eigenvalue weighted by Gasteiger charge is 2.07. The maximum atomic E-state index is 13.4. The molecule has 1 nitrogen and oxygen atoms in total. The number of hydrogen-bond donors (Lipinski definition) is 1. The molecule has 0 aliphatic carbocycles. The predicted molar refractivity (Wildman–Crippen MR) is 64.5 cm³/mol. The molecule has 2 aromatic carbocycles. The third-order valence-electron chi connectivity index (χ3n) is 2.61. The summed E-state index contributed by atoms with van der Waals surface area (Å²) in [7, 11) is 1.70. The molecule has 0 saturated heterocycles. The summed E-state index contributed by atoms with van der Waals surface area (Å²) >= 11 is 0. The minimum atomic E-state index is -0.649. The van der Waals surface area contributed by atoms with Gasteiger partial charge in [-0.1, -0.05) is 6.07 Å². The van der Waals surface area contributed by atoms with Crippen LogP contribution in [-0.2, 0) is 6.54 Å². The lowest BCUT2D eigenvalue weighted by Gasteiger charge is -2.07. The van der Waals surface area contributed by atoms with Crippen molar-refractivity contribution in [1.82, 2.24) is 5.32 Å². The topological polar surface area (TPSA) is 12.0 Å². The average molecular weight is 251 g/mol. The molecule has 0 fully saturated rings. The molecule has 0 amide bonds. The summed E-state index contributed by atoms with van der Waals surface area (Å²) in [6, 6.07) is 7.63. The minimum Gasteiger partial charge on any atom is -0.316 e. The molecule has 0 heterocycles. The van der Waals surface area contributed by atoms with Gasteiger partial charge in [0.2, 0.25) is 0 Å². The number of halogens is 3. The first-order valence-corrected chi connectivity index (χ1v) is 5.49. The van der Waals surface area contributed by atoms with E-state index in [9.17, 15) is 13.2 Å². The van der Waals surface area contributed by atoms with Crippen LogP contribution < -0.4 is 5.32 Å². The molecule has 94 valence electrons. The molecule has 0 unspecified atom stereocenters. The summed E-state index contributed by atoms with van der Waals surface area (Å²) in [5.41, 5.74) is 1.43. The molecule has 1 N–H and O–H groups in total. The SMILES string of the molecule is CNCc1cc(-c2cc(F)cc(F)c2)ccc1F. The normalized spacial score (nSPS) is 10.7. The van der Waals surface area contributed by atoms with Crippen LogP contribution in [0.2, 0.25) is 0 Å². The second-order valence-electron chi connectivity index (χ2n) is 3.99. The Balaban J connectivity index is 2.47. The highest BCUT2D eigenvalue weighted by molar-refractivity contribution is 5.64. The van der Waals surface area contributed by atoms with E-state index in [2.05, 4.69) is 5.32 Å². The Hall–Kier alpha value is -1.81. The molecule has 0 bridgehead atoms. The van der Waals surface area contributed by atoms with Crippen molar-refractivity contribution in [1.29, 1.82) is 0 Å². The van der Waals surface area contributed by atoms with E-state index in [1.807, 2.05) is 0 Å². The van der Waals surface area contributed by atoms with E-state index in [-0.39, 0.29) is 5.82 Å². The quantitative estimate of drug-likeness (QED) is 0.880. The number of rotatable bonds is 3. The van der Waals surface area contributed by atoms with Crippen molar-refractivity contribution < 1.29 is 13.2 Å². The lowest BCUT2D eigenvalue weighted by atomic mass is 10.0. The molecule has 4 heteroatoms. The van der Waals surface area contributed by atoms with Crippen molar-refractivity contribution in [2.45, 2.75) is 6.54 Å². The van der Waals surface area contributed by atoms with Gasteiger partial charge in [0.15, 0.2) is 0 Å². The highest BCUT2D eigenvalue weighted by atomic mass is 19.1. The van der Waals surface area contributed by atoms with Crippen LogP contribution in [0.5, 0.6) is 0 Å². The molecule has 0 aliphatic rings. The molecule has 0 spiro atoms. The summed E-state index contributed by atoms with van der Waals surface area (Å²) < 4.78 is 39.7. The Morgan fingerprint density at radius 2 is 1.56 bits per heavy atom. The zero-order valence-electron chi connectivity index (χ0n) is 9.81. The molecular formula is C14H12F3N. The van der Waals surface area contributed by atoms with Gasteiger partial charge in [0.25, 0.3) is 0 Å². The smallest absolute Gasteiger partial charge is 0.127 e. The summed E-state index contributed by atoms with van der Waals surface area (Å²) in [5, 5.41) is 2.84. The second kappa shape index (κ2) is 5.23. The van der Waals surface area contributed by atoms with Gasteiger partial charge in [-0.15, -0.1) is 0 Å². The van der Waals surface area contributed by atoms with E-state index in [4.69, 9.17) is 0 Å². The molecule has 18 heavy (non-hydrogen) atoms. The van der Waals surface area contributed by atoms with E-state index in [1.165, 1.54) is 24.3 Å². The van der Waals surface area contributed by atoms with Gasteiger partial charge >= 0.3 is 0 Å². The summed E-state index contributed by atoms with van der Waals surface area (Å²) in [6.07, 6.45) is 0. The molecule has 2 aromatic rings. The third kappa shape index (κ3) is 2.71. The third-order valence-corrected chi connectivity index (χ3v) is 2.61. The molecular weight excluding hydrogens is 239 g/mol. The molecule has 0 radical (unpaired) electrons. The largest absolute Gasteiger partial charge is 0.316 e. The Kier molecular flexibility index (Phi) is 3.67. The molecule has 2 rings (SSSR count). The summed E-state index contributed by atoms with van der Waals surface area (Å²) in [6.45, 7) is 0.359. The lowest BCUT2D eigenvalue weighted by molar-refractivity contribution is 0.584. The lowest BCUT2D eigenvalue weighted by Crippen LogP contribution is -2.07. The average Bonchev–Trinajstić information content (AvgIpc) is 2.31. The monoisotopic (exact) mass is 251 g/mol. The van der Waals surface area contributed by atoms with E-state index in [0.717, 1.165) is 6.07 Å². The first kappa shape index (κ1) is 12.6. The van der Waals surface area contributed by atoms with Gasteiger partial charge in [-0.05, 0) is 42.4 Å². The van der Waals surface area contributed by atoms with Crippen LogP contribution in [-0.4, -0.2) is 7.05 Å². The van der Waals surface area contributed by atoms with Crippen LogP contribution in [0.25, 0.3) is 11.1 Å². The summed E-state index contributed by atoms with van der Waals surface area (Å²) in [4.78, 5) is 0. The number of benzene rings is 2. The Bertz CT molecular complexity index is 547. The predicted octanol–water partition coefficient (Wildman–Crippen LogP) is 3.49. The minimum absolute atomic E-state index is 0.343. The van der Waals surface area contributed by atoms with Crippen LogP contribution >= 0.6 is 0 Å². The molecule has 0 aromatic heterocycles.